The van der Waals surface area contributed by atoms with E-state index in [2.05, 4.69) is 0 Å². The maximum atomic E-state index is 6.48. The SMILES string of the molecule is CSc1ccc(C(Cl)(Cl)c2cc(Cl)ccc2Cl)cc1. The Morgan fingerprint density at radius 2 is 1.58 bits per heavy atom. The number of rotatable bonds is 3. The van der Waals surface area contributed by atoms with E-state index in [1.807, 2.05) is 30.5 Å². The number of thioether (sulfide) groups is 1. The van der Waals surface area contributed by atoms with Gasteiger partial charge in [-0.05, 0) is 42.2 Å². The fraction of sp³-hybridized carbons (Fsp3) is 0.143. The van der Waals surface area contributed by atoms with Gasteiger partial charge in [0.15, 0.2) is 4.33 Å². The molecule has 0 saturated heterocycles. The standard InChI is InChI=1S/C14H10Cl4S/c1-19-11-5-2-9(3-6-11)14(17,18)12-8-10(15)4-7-13(12)16/h2-8H,1H3. The van der Waals surface area contributed by atoms with Gasteiger partial charge in [0, 0.05) is 20.5 Å². The van der Waals surface area contributed by atoms with Gasteiger partial charge in [0.05, 0.1) is 0 Å². The first-order valence-corrected chi connectivity index (χ1v) is 8.16. The summed E-state index contributed by atoms with van der Waals surface area (Å²) in [5, 5.41) is 1.04. The number of benzene rings is 2. The van der Waals surface area contributed by atoms with Crippen LogP contribution in [0.4, 0.5) is 0 Å². The van der Waals surface area contributed by atoms with Crippen molar-refractivity contribution < 1.29 is 0 Å². The Balaban J connectivity index is 2.48. The van der Waals surface area contributed by atoms with Crippen LogP contribution in [0.1, 0.15) is 11.1 Å². The van der Waals surface area contributed by atoms with Crippen molar-refractivity contribution in [2.24, 2.45) is 0 Å². The van der Waals surface area contributed by atoms with Crippen molar-refractivity contribution in [1.82, 2.24) is 0 Å². The zero-order valence-electron chi connectivity index (χ0n) is 9.96. The summed E-state index contributed by atoms with van der Waals surface area (Å²) in [5.74, 6) is 0. The third kappa shape index (κ3) is 3.34. The minimum absolute atomic E-state index is 0.489. The molecule has 0 saturated carbocycles. The molecule has 0 aliphatic rings. The van der Waals surface area contributed by atoms with Crippen LogP contribution in [0.25, 0.3) is 0 Å². The van der Waals surface area contributed by atoms with Gasteiger partial charge < -0.3 is 0 Å². The molecule has 0 aromatic heterocycles. The van der Waals surface area contributed by atoms with Gasteiger partial charge in [0.25, 0.3) is 0 Å². The van der Waals surface area contributed by atoms with Crippen molar-refractivity contribution in [3.63, 3.8) is 0 Å². The Morgan fingerprint density at radius 3 is 2.16 bits per heavy atom. The smallest absolute Gasteiger partial charge is 0.130 e. The second-order valence-corrected chi connectivity index (χ2v) is 6.98. The van der Waals surface area contributed by atoms with Gasteiger partial charge in [0.1, 0.15) is 0 Å². The number of hydrogen-bond donors (Lipinski definition) is 0. The van der Waals surface area contributed by atoms with Crippen LogP contribution in [-0.4, -0.2) is 6.26 Å². The van der Waals surface area contributed by atoms with Crippen molar-refractivity contribution in [2.45, 2.75) is 9.23 Å². The van der Waals surface area contributed by atoms with Crippen LogP contribution in [0, 0.1) is 0 Å². The molecule has 0 bridgehead atoms. The van der Waals surface area contributed by atoms with Gasteiger partial charge in [-0.3, -0.25) is 0 Å². The van der Waals surface area contributed by atoms with Crippen molar-refractivity contribution in [1.29, 1.82) is 0 Å². The summed E-state index contributed by atoms with van der Waals surface area (Å²) < 4.78 is -1.22. The predicted molar refractivity (Wildman–Crippen MR) is 87.2 cm³/mol. The Kier molecular flexibility index (Phi) is 4.97. The highest BCUT2D eigenvalue weighted by Crippen LogP contribution is 2.44. The quantitative estimate of drug-likeness (QED) is 0.455. The number of halogens is 4. The maximum Gasteiger partial charge on any atom is 0.169 e. The second kappa shape index (κ2) is 6.15. The molecule has 0 radical (unpaired) electrons. The summed E-state index contributed by atoms with van der Waals surface area (Å²) in [7, 11) is 0. The Bertz CT molecular complexity index is 578. The molecule has 0 aliphatic carbocycles. The Morgan fingerprint density at radius 1 is 0.947 bits per heavy atom. The zero-order valence-corrected chi connectivity index (χ0v) is 13.8. The van der Waals surface area contributed by atoms with Crippen LogP contribution in [0.3, 0.4) is 0 Å². The molecule has 2 rings (SSSR count). The number of hydrogen-bond acceptors (Lipinski definition) is 1. The predicted octanol–water partition coefficient (Wildman–Crippen LogP) is 6.39. The van der Waals surface area contributed by atoms with Gasteiger partial charge in [-0.2, -0.15) is 0 Å². The minimum atomic E-state index is -1.22. The Labute approximate surface area is 137 Å². The lowest BCUT2D eigenvalue weighted by atomic mass is 10.0. The van der Waals surface area contributed by atoms with E-state index in [4.69, 9.17) is 46.4 Å². The zero-order chi connectivity index (χ0) is 14.0. The maximum absolute atomic E-state index is 6.48. The molecule has 0 atom stereocenters. The molecule has 0 fully saturated rings. The summed E-state index contributed by atoms with van der Waals surface area (Å²) in [6.07, 6.45) is 2.01. The van der Waals surface area contributed by atoms with E-state index in [0.717, 1.165) is 10.5 Å². The van der Waals surface area contributed by atoms with Crippen LogP contribution >= 0.6 is 58.2 Å². The summed E-state index contributed by atoms with van der Waals surface area (Å²) >= 11 is 26.7. The van der Waals surface area contributed by atoms with Crippen molar-refractivity contribution in [2.75, 3.05) is 6.26 Å². The van der Waals surface area contributed by atoms with E-state index in [0.29, 0.717) is 15.6 Å². The van der Waals surface area contributed by atoms with Gasteiger partial charge >= 0.3 is 0 Å². The van der Waals surface area contributed by atoms with Crippen molar-refractivity contribution in [3.8, 4) is 0 Å². The molecule has 0 heterocycles. The highest BCUT2D eigenvalue weighted by Gasteiger charge is 2.31. The third-order valence-electron chi connectivity index (χ3n) is 2.72. The van der Waals surface area contributed by atoms with Gasteiger partial charge in [-0.25, -0.2) is 0 Å². The van der Waals surface area contributed by atoms with Crippen molar-refractivity contribution >= 4 is 58.2 Å². The van der Waals surface area contributed by atoms with E-state index < -0.39 is 4.33 Å². The first kappa shape index (κ1) is 15.3. The highest BCUT2D eigenvalue weighted by molar-refractivity contribution is 7.98. The van der Waals surface area contributed by atoms with Crippen LogP contribution in [0.15, 0.2) is 47.4 Å². The molecular weight excluding hydrogens is 342 g/mol. The van der Waals surface area contributed by atoms with Crippen LogP contribution in [0.5, 0.6) is 0 Å². The largest absolute Gasteiger partial charge is 0.169 e. The minimum Gasteiger partial charge on any atom is -0.130 e. The molecule has 100 valence electrons. The third-order valence-corrected chi connectivity index (χ3v) is 4.87. The first-order valence-electron chi connectivity index (χ1n) is 5.43. The molecule has 0 N–H and O–H groups in total. The number of alkyl halides is 2. The van der Waals surface area contributed by atoms with E-state index in [9.17, 15) is 0 Å². The molecule has 0 aliphatic heterocycles. The van der Waals surface area contributed by atoms with Gasteiger partial charge in [0.2, 0.25) is 0 Å². The second-order valence-electron chi connectivity index (χ2n) is 3.93. The van der Waals surface area contributed by atoms with Crippen LogP contribution in [-0.2, 0) is 4.33 Å². The lowest BCUT2D eigenvalue weighted by molar-refractivity contribution is 1.03. The summed E-state index contributed by atoms with van der Waals surface area (Å²) in [6.45, 7) is 0. The molecule has 0 nitrogen and oxygen atoms in total. The summed E-state index contributed by atoms with van der Waals surface area (Å²) in [6, 6.07) is 12.8. The summed E-state index contributed by atoms with van der Waals surface area (Å²) in [4.78, 5) is 1.14. The van der Waals surface area contributed by atoms with E-state index in [1.54, 1.807) is 30.0 Å². The van der Waals surface area contributed by atoms with Crippen molar-refractivity contribution in [3.05, 3.63) is 63.6 Å². The Hall–Kier alpha value is -0.0500. The van der Waals surface area contributed by atoms with E-state index in [-0.39, 0.29) is 0 Å². The molecule has 2 aromatic carbocycles. The van der Waals surface area contributed by atoms with Crippen LogP contribution < -0.4 is 0 Å². The van der Waals surface area contributed by atoms with E-state index in [1.165, 1.54) is 0 Å². The first-order chi connectivity index (χ1) is 8.95. The lowest BCUT2D eigenvalue weighted by Crippen LogP contribution is -2.13. The topological polar surface area (TPSA) is 0 Å². The molecular formula is C14H10Cl4S. The highest BCUT2D eigenvalue weighted by atomic mass is 35.5. The molecule has 0 spiro atoms. The molecule has 2 aromatic rings. The fourth-order valence-electron chi connectivity index (χ4n) is 1.69. The monoisotopic (exact) mass is 350 g/mol. The van der Waals surface area contributed by atoms with E-state index >= 15 is 0 Å². The van der Waals surface area contributed by atoms with Gasteiger partial charge in [-0.15, -0.1) is 11.8 Å². The average Bonchev–Trinajstić information content (AvgIpc) is 2.41. The molecule has 5 heteroatoms. The fourth-order valence-corrected chi connectivity index (χ4v) is 3.20. The van der Waals surface area contributed by atoms with Gasteiger partial charge in [-0.1, -0.05) is 58.5 Å². The lowest BCUT2D eigenvalue weighted by Gasteiger charge is -2.22. The summed E-state index contributed by atoms with van der Waals surface area (Å²) in [5.41, 5.74) is 1.35. The molecule has 0 unspecified atom stereocenters. The average molecular weight is 352 g/mol. The normalized spacial score (nSPS) is 11.6. The molecule has 19 heavy (non-hydrogen) atoms. The van der Waals surface area contributed by atoms with Crippen LogP contribution in [0.2, 0.25) is 10.0 Å². The molecule has 0 amide bonds.